The number of hydrogen-bond donors (Lipinski definition) is 1. The van der Waals surface area contributed by atoms with Gasteiger partial charge < -0.3 is 5.32 Å². The molecule has 0 aliphatic rings. The third-order valence-corrected chi connectivity index (χ3v) is 5.42. The van der Waals surface area contributed by atoms with Crippen molar-refractivity contribution in [2.45, 2.75) is 33.2 Å². The molecule has 7 nitrogen and oxygen atoms in total. The minimum Gasteiger partial charge on any atom is -0.324 e. The zero-order valence-electron chi connectivity index (χ0n) is 17.3. The molecule has 0 unspecified atom stereocenters. The average Bonchev–Trinajstić information content (AvgIpc) is 3.21. The van der Waals surface area contributed by atoms with Crippen molar-refractivity contribution in [3.05, 3.63) is 81.5 Å². The van der Waals surface area contributed by atoms with E-state index in [1.165, 1.54) is 17.1 Å². The van der Waals surface area contributed by atoms with Crippen molar-refractivity contribution < 1.29 is 4.79 Å². The predicted molar refractivity (Wildman–Crippen MR) is 122 cm³/mol. The zero-order chi connectivity index (χ0) is 22.0. The Morgan fingerprint density at radius 1 is 1.10 bits per heavy atom. The number of halogens is 1. The van der Waals surface area contributed by atoms with E-state index in [1.54, 1.807) is 22.9 Å². The Morgan fingerprint density at radius 2 is 1.81 bits per heavy atom. The number of aromatic nitrogens is 4. The van der Waals surface area contributed by atoms with Crippen molar-refractivity contribution in [1.82, 2.24) is 19.3 Å². The van der Waals surface area contributed by atoms with Crippen molar-refractivity contribution in [1.29, 1.82) is 0 Å². The number of hydrogen-bond acceptors (Lipinski definition) is 4. The zero-order valence-corrected chi connectivity index (χ0v) is 18.1. The van der Waals surface area contributed by atoms with Gasteiger partial charge in [-0.2, -0.15) is 5.10 Å². The van der Waals surface area contributed by atoms with Gasteiger partial charge in [-0.15, -0.1) is 0 Å². The lowest BCUT2D eigenvalue weighted by molar-refractivity contribution is -0.116. The fraction of sp³-hybridized carbons (Fsp3) is 0.217. The Labute approximate surface area is 184 Å². The second-order valence-electron chi connectivity index (χ2n) is 7.16. The summed E-state index contributed by atoms with van der Waals surface area (Å²) in [7, 11) is 0. The molecule has 2 aromatic heterocycles. The van der Waals surface area contributed by atoms with Gasteiger partial charge in [0.2, 0.25) is 5.91 Å². The lowest BCUT2D eigenvalue weighted by Crippen LogP contribution is -2.28. The molecule has 1 amide bonds. The minimum atomic E-state index is -0.326. The highest BCUT2D eigenvalue weighted by Crippen LogP contribution is 2.22. The minimum absolute atomic E-state index is 0.134. The standard InChI is InChI=1S/C23H22ClN5O2/c1-3-15-7-5-8-16(4-2)21(15)27-20(30)13-28-14-25-22-19(23(28)31)12-26-29(22)18-10-6-9-17(24)11-18/h5-12,14H,3-4,13H2,1-2H3,(H,27,30). The number of benzene rings is 2. The van der Waals surface area contributed by atoms with Crippen molar-refractivity contribution in [3.8, 4) is 5.69 Å². The molecule has 0 spiro atoms. The van der Waals surface area contributed by atoms with E-state index in [9.17, 15) is 9.59 Å². The Kier molecular flexibility index (Phi) is 5.86. The molecule has 2 heterocycles. The van der Waals surface area contributed by atoms with E-state index in [1.807, 2.05) is 38.1 Å². The van der Waals surface area contributed by atoms with Crippen LogP contribution in [0, 0.1) is 0 Å². The molecule has 8 heteroatoms. The van der Waals surface area contributed by atoms with Crippen molar-refractivity contribution >= 4 is 34.2 Å². The maximum atomic E-state index is 12.9. The van der Waals surface area contributed by atoms with Crippen LogP contribution in [0.3, 0.4) is 0 Å². The number of amides is 1. The summed E-state index contributed by atoms with van der Waals surface area (Å²) in [5, 5.41) is 8.15. The molecule has 0 aliphatic carbocycles. The average molecular weight is 436 g/mol. The summed E-state index contributed by atoms with van der Waals surface area (Å²) >= 11 is 6.06. The number of para-hydroxylation sites is 1. The summed E-state index contributed by atoms with van der Waals surface area (Å²) in [4.78, 5) is 30.1. The number of fused-ring (bicyclic) bond motifs is 1. The van der Waals surface area contributed by atoms with Crippen LogP contribution in [0.15, 0.2) is 59.8 Å². The summed E-state index contributed by atoms with van der Waals surface area (Å²) in [5.41, 5.74) is 3.75. The first-order valence-electron chi connectivity index (χ1n) is 10.1. The molecule has 0 fully saturated rings. The molecular formula is C23H22ClN5O2. The normalized spacial score (nSPS) is 11.1. The van der Waals surface area contributed by atoms with Crippen molar-refractivity contribution in [2.75, 3.05) is 5.32 Å². The highest BCUT2D eigenvalue weighted by molar-refractivity contribution is 6.30. The van der Waals surface area contributed by atoms with E-state index in [0.29, 0.717) is 21.7 Å². The number of aryl methyl sites for hydroxylation is 2. The molecular weight excluding hydrogens is 414 g/mol. The van der Waals surface area contributed by atoms with E-state index in [-0.39, 0.29) is 18.0 Å². The molecule has 0 saturated carbocycles. The Balaban J connectivity index is 1.62. The third-order valence-electron chi connectivity index (χ3n) is 5.18. The molecule has 2 aromatic carbocycles. The summed E-state index contributed by atoms with van der Waals surface area (Å²) in [6.45, 7) is 3.96. The number of carbonyl (C=O) groups is 1. The predicted octanol–water partition coefficient (Wildman–Crippen LogP) is 4.00. The Morgan fingerprint density at radius 3 is 2.48 bits per heavy atom. The molecule has 0 aliphatic heterocycles. The van der Waals surface area contributed by atoms with Gasteiger partial charge in [-0.3, -0.25) is 14.2 Å². The summed E-state index contributed by atoms with van der Waals surface area (Å²) in [6, 6.07) is 13.1. The Bertz CT molecular complexity index is 1300. The topological polar surface area (TPSA) is 81.8 Å². The highest BCUT2D eigenvalue weighted by Gasteiger charge is 2.15. The van der Waals surface area contributed by atoms with Crippen LogP contribution in [0.5, 0.6) is 0 Å². The van der Waals surface area contributed by atoms with Gasteiger partial charge in [0, 0.05) is 10.7 Å². The van der Waals surface area contributed by atoms with Crippen LogP contribution in [-0.4, -0.2) is 25.2 Å². The van der Waals surface area contributed by atoms with Crippen LogP contribution in [0.25, 0.3) is 16.7 Å². The third kappa shape index (κ3) is 4.09. The fourth-order valence-corrected chi connectivity index (χ4v) is 3.78. The largest absolute Gasteiger partial charge is 0.324 e. The molecule has 1 N–H and O–H groups in total. The summed E-state index contributed by atoms with van der Waals surface area (Å²) < 4.78 is 2.85. The van der Waals surface area contributed by atoms with E-state index in [0.717, 1.165) is 29.7 Å². The molecule has 0 atom stereocenters. The molecule has 0 radical (unpaired) electrons. The lowest BCUT2D eigenvalue weighted by atomic mass is 10.0. The van der Waals surface area contributed by atoms with Gasteiger partial charge in [-0.25, -0.2) is 9.67 Å². The number of nitrogens with zero attached hydrogens (tertiary/aromatic N) is 4. The Hall–Kier alpha value is -3.45. The maximum Gasteiger partial charge on any atom is 0.264 e. The van der Waals surface area contributed by atoms with Gasteiger partial charge in [0.15, 0.2) is 5.65 Å². The van der Waals surface area contributed by atoms with E-state index >= 15 is 0 Å². The fourth-order valence-electron chi connectivity index (χ4n) is 3.59. The van der Waals surface area contributed by atoms with E-state index in [4.69, 9.17) is 11.6 Å². The van der Waals surface area contributed by atoms with Gasteiger partial charge in [0.1, 0.15) is 18.3 Å². The number of rotatable bonds is 6. The van der Waals surface area contributed by atoms with Gasteiger partial charge >= 0.3 is 0 Å². The number of anilines is 1. The van der Waals surface area contributed by atoms with Gasteiger partial charge in [-0.1, -0.05) is 49.7 Å². The first kappa shape index (κ1) is 20.8. The van der Waals surface area contributed by atoms with Gasteiger partial charge in [-0.05, 0) is 42.2 Å². The number of carbonyl (C=O) groups excluding carboxylic acids is 1. The highest BCUT2D eigenvalue weighted by atomic mass is 35.5. The van der Waals surface area contributed by atoms with Crippen molar-refractivity contribution in [2.24, 2.45) is 0 Å². The molecule has 0 bridgehead atoms. The van der Waals surface area contributed by atoms with Crippen molar-refractivity contribution in [3.63, 3.8) is 0 Å². The lowest BCUT2D eigenvalue weighted by Gasteiger charge is -2.15. The van der Waals surface area contributed by atoms with Crippen LogP contribution < -0.4 is 10.9 Å². The van der Waals surface area contributed by atoms with Crippen LogP contribution in [0.4, 0.5) is 5.69 Å². The molecule has 0 saturated heterocycles. The molecule has 4 rings (SSSR count). The van der Waals surface area contributed by atoms with Crippen LogP contribution in [0.1, 0.15) is 25.0 Å². The van der Waals surface area contributed by atoms with Crippen LogP contribution in [-0.2, 0) is 24.2 Å². The monoisotopic (exact) mass is 435 g/mol. The summed E-state index contributed by atoms with van der Waals surface area (Å²) in [6.07, 6.45) is 4.44. The second-order valence-corrected chi connectivity index (χ2v) is 7.59. The number of nitrogens with one attached hydrogen (secondary N) is 1. The second kappa shape index (κ2) is 8.73. The molecule has 31 heavy (non-hydrogen) atoms. The first-order valence-corrected chi connectivity index (χ1v) is 10.5. The maximum absolute atomic E-state index is 12.9. The van der Waals surface area contributed by atoms with Crippen LogP contribution in [0.2, 0.25) is 5.02 Å². The first-order chi connectivity index (χ1) is 15.0. The SMILES string of the molecule is CCc1cccc(CC)c1NC(=O)Cn1cnc2c(cnn2-c2cccc(Cl)c2)c1=O. The van der Waals surface area contributed by atoms with Gasteiger partial charge in [0.05, 0.1) is 11.9 Å². The molecule has 158 valence electrons. The smallest absolute Gasteiger partial charge is 0.264 e. The molecule has 4 aromatic rings. The summed E-state index contributed by atoms with van der Waals surface area (Å²) in [5.74, 6) is -0.277. The van der Waals surface area contributed by atoms with E-state index in [2.05, 4.69) is 15.4 Å². The van der Waals surface area contributed by atoms with E-state index < -0.39 is 0 Å². The quantitative estimate of drug-likeness (QED) is 0.496. The van der Waals surface area contributed by atoms with Crippen LogP contribution >= 0.6 is 11.6 Å². The van der Waals surface area contributed by atoms with Gasteiger partial charge in [0.25, 0.3) is 5.56 Å².